The van der Waals surface area contributed by atoms with Crippen molar-refractivity contribution in [3.63, 3.8) is 0 Å². The molecule has 1 heterocycles. The first-order chi connectivity index (χ1) is 11.9. The minimum atomic E-state index is -1.14. The fourth-order valence-corrected chi connectivity index (χ4v) is 2.21. The minimum absolute atomic E-state index is 0.0997. The molecule has 0 atom stereocenters. The normalized spacial score (nSPS) is 9.84. The van der Waals surface area contributed by atoms with Crippen molar-refractivity contribution in [3.8, 4) is 17.9 Å². The van der Waals surface area contributed by atoms with E-state index in [0.717, 1.165) is 5.56 Å². The topological polar surface area (TPSA) is 135 Å². The van der Waals surface area contributed by atoms with Crippen LogP contribution in [0.3, 0.4) is 0 Å². The summed E-state index contributed by atoms with van der Waals surface area (Å²) in [6, 6.07) is 11.9. The van der Waals surface area contributed by atoms with Gasteiger partial charge in [0.1, 0.15) is 11.8 Å². The van der Waals surface area contributed by atoms with Crippen molar-refractivity contribution < 1.29 is 19.8 Å². The predicted molar refractivity (Wildman–Crippen MR) is 85.8 cm³/mol. The molecular weight excluding hydrogens is 322 g/mol. The van der Waals surface area contributed by atoms with Crippen LogP contribution >= 0.6 is 0 Å². The van der Waals surface area contributed by atoms with Gasteiger partial charge in [-0.3, -0.25) is 9.59 Å². The third-order valence-electron chi connectivity index (χ3n) is 3.46. The van der Waals surface area contributed by atoms with Crippen molar-refractivity contribution in [2.24, 2.45) is 0 Å². The zero-order chi connectivity index (χ0) is 18.4. The van der Waals surface area contributed by atoms with Crippen molar-refractivity contribution in [3.05, 3.63) is 58.4 Å². The number of aliphatic carboxylic acids is 1. The predicted octanol–water partition coefficient (Wildman–Crippen LogP) is 2.17. The van der Waals surface area contributed by atoms with Gasteiger partial charge >= 0.3 is 5.97 Å². The number of pyridine rings is 1. The second-order valence-corrected chi connectivity index (χ2v) is 5.27. The molecule has 0 radical (unpaired) electrons. The Morgan fingerprint density at radius 3 is 2.32 bits per heavy atom. The Bertz CT molecular complexity index is 906. The average Bonchev–Trinajstić information content (AvgIpc) is 2.61. The van der Waals surface area contributed by atoms with E-state index < -0.39 is 17.5 Å². The molecule has 0 amide bonds. The SMILES string of the molecule is N#Cc1ccc(Cc2cc(C#N)c(O)c(C(=O)CCC(=O)O)n2)cc1. The van der Waals surface area contributed by atoms with Gasteiger partial charge < -0.3 is 10.2 Å². The maximum absolute atomic E-state index is 12.1. The number of aromatic hydroxyl groups is 1. The first-order valence-electron chi connectivity index (χ1n) is 7.31. The van der Waals surface area contributed by atoms with Crippen molar-refractivity contribution in [2.75, 3.05) is 0 Å². The Hall–Kier alpha value is -3.71. The molecule has 0 aliphatic rings. The van der Waals surface area contributed by atoms with E-state index in [0.29, 0.717) is 17.7 Å². The number of hydrogen-bond acceptors (Lipinski definition) is 6. The molecule has 124 valence electrons. The number of hydrogen-bond donors (Lipinski definition) is 2. The van der Waals surface area contributed by atoms with Crippen LogP contribution < -0.4 is 0 Å². The van der Waals surface area contributed by atoms with Crippen LogP contribution in [0.4, 0.5) is 0 Å². The van der Waals surface area contributed by atoms with E-state index in [1.165, 1.54) is 6.07 Å². The van der Waals surface area contributed by atoms with Crippen LogP contribution in [0.1, 0.15) is 45.7 Å². The zero-order valence-electron chi connectivity index (χ0n) is 13.1. The molecule has 2 N–H and O–H groups in total. The molecule has 7 heteroatoms. The maximum atomic E-state index is 12.1. The number of carboxylic acids is 1. The highest BCUT2D eigenvalue weighted by Crippen LogP contribution is 2.24. The van der Waals surface area contributed by atoms with Crippen molar-refractivity contribution in [1.29, 1.82) is 10.5 Å². The summed E-state index contributed by atoms with van der Waals surface area (Å²) in [5, 5.41) is 36.6. The highest BCUT2D eigenvalue weighted by molar-refractivity contribution is 5.98. The lowest BCUT2D eigenvalue weighted by Crippen LogP contribution is -2.09. The lowest BCUT2D eigenvalue weighted by molar-refractivity contribution is -0.136. The fraction of sp³-hybridized carbons (Fsp3) is 0.167. The number of nitrogens with zero attached hydrogens (tertiary/aromatic N) is 3. The van der Waals surface area contributed by atoms with Crippen molar-refractivity contribution >= 4 is 11.8 Å². The van der Waals surface area contributed by atoms with Gasteiger partial charge in [0.2, 0.25) is 0 Å². The molecule has 0 fully saturated rings. The van der Waals surface area contributed by atoms with E-state index in [2.05, 4.69) is 4.98 Å². The van der Waals surface area contributed by atoms with Crippen LogP contribution in [0.25, 0.3) is 0 Å². The molecule has 0 bridgehead atoms. The summed E-state index contributed by atoms with van der Waals surface area (Å²) in [7, 11) is 0. The summed E-state index contributed by atoms with van der Waals surface area (Å²) in [5.74, 6) is -2.32. The Balaban J connectivity index is 2.33. The number of rotatable bonds is 6. The van der Waals surface area contributed by atoms with E-state index in [-0.39, 0.29) is 24.1 Å². The summed E-state index contributed by atoms with van der Waals surface area (Å²) in [6.45, 7) is 0. The number of benzene rings is 1. The quantitative estimate of drug-likeness (QED) is 0.772. The van der Waals surface area contributed by atoms with Crippen LogP contribution in [0.2, 0.25) is 0 Å². The molecule has 0 saturated carbocycles. The zero-order valence-corrected chi connectivity index (χ0v) is 13.1. The van der Waals surface area contributed by atoms with Gasteiger partial charge in [0.05, 0.1) is 23.6 Å². The number of aromatic nitrogens is 1. The van der Waals surface area contributed by atoms with Crippen LogP contribution in [-0.2, 0) is 11.2 Å². The average molecular weight is 335 g/mol. The van der Waals surface area contributed by atoms with Gasteiger partial charge in [0.25, 0.3) is 0 Å². The molecule has 1 aromatic heterocycles. The number of carbonyl (C=O) groups is 2. The second kappa shape index (κ2) is 7.71. The van der Waals surface area contributed by atoms with E-state index in [4.69, 9.17) is 15.6 Å². The highest BCUT2D eigenvalue weighted by Gasteiger charge is 2.19. The molecule has 2 rings (SSSR count). The molecular formula is C18H13N3O4. The lowest BCUT2D eigenvalue weighted by Gasteiger charge is -2.08. The Morgan fingerprint density at radius 2 is 1.76 bits per heavy atom. The van der Waals surface area contributed by atoms with Gasteiger partial charge in [0.15, 0.2) is 11.5 Å². The van der Waals surface area contributed by atoms with Gasteiger partial charge in [-0.2, -0.15) is 10.5 Å². The lowest BCUT2D eigenvalue weighted by atomic mass is 10.0. The largest absolute Gasteiger partial charge is 0.504 e. The van der Waals surface area contributed by atoms with Crippen molar-refractivity contribution in [2.45, 2.75) is 19.3 Å². The molecule has 0 aliphatic carbocycles. The molecule has 0 unspecified atom stereocenters. The van der Waals surface area contributed by atoms with E-state index in [1.807, 2.05) is 6.07 Å². The van der Waals surface area contributed by atoms with E-state index in [9.17, 15) is 14.7 Å². The van der Waals surface area contributed by atoms with Gasteiger partial charge in [-0.1, -0.05) is 12.1 Å². The summed E-state index contributed by atoms with van der Waals surface area (Å²) < 4.78 is 0. The molecule has 25 heavy (non-hydrogen) atoms. The Morgan fingerprint density at radius 1 is 1.08 bits per heavy atom. The monoisotopic (exact) mass is 335 g/mol. The van der Waals surface area contributed by atoms with Gasteiger partial charge in [-0.25, -0.2) is 4.98 Å². The first kappa shape index (κ1) is 17.6. The third-order valence-corrected chi connectivity index (χ3v) is 3.46. The Labute approximate surface area is 143 Å². The summed E-state index contributed by atoms with van der Waals surface area (Å²) >= 11 is 0. The van der Waals surface area contributed by atoms with Gasteiger partial charge in [-0.15, -0.1) is 0 Å². The van der Waals surface area contributed by atoms with E-state index in [1.54, 1.807) is 30.3 Å². The van der Waals surface area contributed by atoms with Crippen molar-refractivity contribution in [1.82, 2.24) is 4.98 Å². The Kier molecular flexibility index (Phi) is 5.44. The summed E-state index contributed by atoms with van der Waals surface area (Å²) in [6.07, 6.45) is -0.414. The summed E-state index contributed by atoms with van der Waals surface area (Å²) in [5.41, 5.74) is 1.30. The standard InChI is InChI=1S/C18H13N3O4/c19-9-12-3-1-11(2-4-12)7-14-8-13(10-20)18(25)17(21-14)15(22)5-6-16(23)24/h1-4,8,25H,5-7H2,(H,23,24). The number of Topliss-reactive ketones (excluding diaryl/α,β-unsaturated/α-hetero) is 1. The number of ketones is 1. The van der Waals surface area contributed by atoms with E-state index >= 15 is 0 Å². The first-order valence-corrected chi connectivity index (χ1v) is 7.31. The van der Waals surface area contributed by atoms with Gasteiger partial charge in [-0.05, 0) is 23.8 Å². The number of carboxylic acid groups (broad SMARTS) is 1. The van der Waals surface area contributed by atoms with Crippen LogP contribution in [0.5, 0.6) is 5.75 Å². The third kappa shape index (κ3) is 4.40. The molecule has 2 aromatic rings. The second-order valence-electron chi connectivity index (χ2n) is 5.27. The molecule has 7 nitrogen and oxygen atoms in total. The molecule has 0 spiro atoms. The van der Waals surface area contributed by atoms with Crippen LogP contribution in [0, 0.1) is 22.7 Å². The van der Waals surface area contributed by atoms with Crippen LogP contribution in [0.15, 0.2) is 30.3 Å². The molecule has 1 aromatic carbocycles. The minimum Gasteiger partial charge on any atom is -0.504 e. The maximum Gasteiger partial charge on any atom is 0.303 e. The van der Waals surface area contributed by atoms with Crippen LogP contribution in [-0.4, -0.2) is 26.9 Å². The van der Waals surface area contributed by atoms with Gasteiger partial charge in [0, 0.05) is 18.5 Å². The molecule has 0 aliphatic heterocycles. The number of nitriles is 2. The summed E-state index contributed by atoms with van der Waals surface area (Å²) in [4.78, 5) is 26.8. The molecule has 0 saturated heterocycles. The smallest absolute Gasteiger partial charge is 0.303 e. The highest BCUT2D eigenvalue weighted by atomic mass is 16.4. The number of carbonyl (C=O) groups excluding carboxylic acids is 1. The fourth-order valence-electron chi connectivity index (χ4n) is 2.21.